The zero-order valence-electron chi connectivity index (χ0n) is 18.4. The van der Waals surface area contributed by atoms with Crippen LogP contribution >= 0.6 is 11.6 Å². The second kappa shape index (κ2) is 8.07. The van der Waals surface area contributed by atoms with Gasteiger partial charge in [-0.3, -0.25) is 0 Å². The van der Waals surface area contributed by atoms with Gasteiger partial charge in [-0.15, -0.1) is 0 Å². The third-order valence-electron chi connectivity index (χ3n) is 6.25. The summed E-state index contributed by atoms with van der Waals surface area (Å²) >= 11 is 6.21. The summed E-state index contributed by atoms with van der Waals surface area (Å²) in [5.41, 5.74) is 2.63. The quantitative estimate of drug-likeness (QED) is 0.325. The summed E-state index contributed by atoms with van der Waals surface area (Å²) in [6, 6.07) is 8.60. The van der Waals surface area contributed by atoms with Gasteiger partial charge in [-0.05, 0) is 36.2 Å². The van der Waals surface area contributed by atoms with E-state index in [0.29, 0.717) is 10.7 Å². The first-order valence-corrected chi connectivity index (χ1v) is 13.5. The first-order chi connectivity index (χ1) is 13.6. The molecule has 0 fully saturated rings. The van der Waals surface area contributed by atoms with Crippen molar-refractivity contribution < 1.29 is 4.43 Å². The Balaban J connectivity index is 2.01. The molecule has 5 nitrogen and oxygen atoms in total. The highest BCUT2D eigenvalue weighted by atomic mass is 35.5. The Kier molecular flexibility index (Phi) is 6.06. The van der Waals surface area contributed by atoms with Crippen LogP contribution in [-0.4, -0.2) is 27.8 Å². The molecule has 156 valence electrons. The van der Waals surface area contributed by atoms with Gasteiger partial charge in [0.1, 0.15) is 17.6 Å². The molecule has 0 bridgehead atoms. The molecule has 0 N–H and O–H groups in total. The van der Waals surface area contributed by atoms with Crippen molar-refractivity contribution >= 4 is 31.1 Å². The summed E-state index contributed by atoms with van der Waals surface area (Å²) in [6.07, 6.45) is 4.25. The number of benzene rings is 1. The van der Waals surface area contributed by atoms with Gasteiger partial charge in [0.15, 0.2) is 10.8 Å². The van der Waals surface area contributed by atoms with E-state index < -0.39 is 8.32 Å². The molecular weight excluding hydrogens is 400 g/mol. The predicted octanol–water partition coefficient (Wildman–Crippen LogP) is 6.62. The maximum absolute atomic E-state index is 6.70. The molecule has 0 saturated carbocycles. The number of hydrogen-bond acceptors (Lipinski definition) is 4. The number of imidazole rings is 1. The van der Waals surface area contributed by atoms with Crippen molar-refractivity contribution in [3.05, 3.63) is 47.6 Å². The summed E-state index contributed by atoms with van der Waals surface area (Å²) in [5, 5.41) is 0.528. The van der Waals surface area contributed by atoms with Crippen LogP contribution in [0.2, 0.25) is 23.3 Å². The SMILES string of the molecule is CC[C@H]([C@@H](C)c1ccccc1O[Si](C)(C)C(C)(C)C)n1cnc2c(Cl)ncnc21. The Bertz CT molecular complexity index is 996. The zero-order valence-corrected chi connectivity index (χ0v) is 20.2. The van der Waals surface area contributed by atoms with Crippen LogP contribution in [0.25, 0.3) is 11.2 Å². The molecule has 2 aromatic heterocycles. The Hall–Kier alpha value is -1.92. The lowest BCUT2D eigenvalue weighted by Gasteiger charge is -2.38. The number of rotatable bonds is 6. The monoisotopic (exact) mass is 430 g/mol. The van der Waals surface area contributed by atoms with E-state index in [4.69, 9.17) is 16.0 Å². The Morgan fingerprint density at radius 1 is 1.14 bits per heavy atom. The lowest BCUT2D eigenvalue weighted by molar-refractivity contribution is 0.412. The molecule has 3 aromatic rings. The number of hydrogen-bond donors (Lipinski definition) is 0. The molecule has 7 heteroatoms. The van der Waals surface area contributed by atoms with Gasteiger partial charge >= 0.3 is 0 Å². The topological polar surface area (TPSA) is 52.8 Å². The number of nitrogens with zero attached hydrogens (tertiary/aromatic N) is 4. The predicted molar refractivity (Wildman–Crippen MR) is 122 cm³/mol. The molecule has 0 spiro atoms. The van der Waals surface area contributed by atoms with Crippen LogP contribution < -0.4 is 4.43 Å². The van der Waals surface area contributed by atoms with Crippen molar-refractivity contribution in [2.45, 2.75) is 71.1 Å². The minimum absolute atomic E-state index is 0.141. The molecule has 0 amide bonds. The Labute approximate surface area is 179 Å². The van der Waals surface area contributed by atoms with E-state index in [1.54, 1.807) is 0 Å². The Morgan fingerprint density at radius 3 is 2.48 bits per heavy atom. The third kappa shape index (κ3) is 4.19. The minimum Gasteiger partial charge on any atom is -0.543 e. The number of fused-ring (bicyclic) bond motifs is 1. The molecule has 3 rings (SSSR count). The van der Waals surface area contributed by atoms with Gasteiger partial charge < -0.3 is 8.99 Å². The van der Waals surface area contributed by atoms with Crippen LogP contribution in [0.3, 0.4) is 0 Å². The first kappa shape index (κ1) is 21.8. The van der Waals surface area contributed by atoms with Crippen LogP contribution in [0.4, 0.5) is 0 Å². The van der Waals surface area contributed by atoms with Crippen molar-refractivity contribution in [3.8, 4) is 5.75 Å². The van der Waals surface area contributed by atoms with Crippen LogP contribution in [0, 0.1) is 0 Å². The molecule has 29 heavy (non-hydrogen) atoms. The fourth-order valence-electron chi connectivity index (χ4n) is 3.44. The summed E-state index contributed by atoms with van der Waals surface area (Å²) in [5.74, 6) is 1.20. The Morgan fingerprint density at radius 2 is 1.83 bits per heavy atom. The average molecular weight is 431 g/mol. The highest BCUT2D eigenvalue weighted by Gasteiger charge is 2.39. The maximum atomic E-state index is 6.70. The van der Waals surface area contributed by atoms with Gasteiger partial charge in [0.25, 0.3) is 0 Å². The van der Waals surface area contributed by atoms with Gasteiger partial charge in [-0.1, -0.05) is 64.4 Å². The van der Waals surface area contributed by atoms with Crippen LogP contribution in [0.15, 0.2) is 36.9 Å². The molecule has 2 heterocycles. The van der Waals surface area contributed by atoms with E-state index in [9.17, 15) is 0 Å². The smallest absolute Gasteiger partial charge is 0.250 e. The van der Waals surface area contributed by atoms with E-state index in [1.165, 1.54) is 11.9 Å². The normalized spacial score (nSPS) is 14.8. The van der Waals surface area contributed by atoms with Crippen molar-refractivity contribution in [3.63, 3.8) is 0 Å². The van der Waals surface area contributed by atoms with Gasteiger partial charge in [-0.2, -0.15) is 0 Å². The lowest BCUT2D eigenvalue weighted by Crippen LogP contribution is -2.44. The molecule has 0 unspecified atom stereocenters. The van der Waals surface area contributed by atoms with Crippen LogP contribution in [0.5, 0.6) is 5.75 Å². The number of halogens is 1. The van der Waals surface area contributed by atoms with E-state index in [1.807, 2.05) is 6.33 Å². The van der Waals surface area contributed by atoms with Crippen LogP contribution in [-0.2, 0) is 0 Å². The van der Waals surface area contributed by atoms with Crippen molar-refractivity contribution in [2.24, 2.45) is 0 Å². The van der Waals surface area contributed by atoms with E-state index in [-0.39, 0.29) is 17.0 Å². The zero-order chi connectivity index (χ0) is 21.4. The highest BCUT2D eigenvalue weighted by molar-refractivity contribution is 6.74. The summed E-state index contributed by atoms with van der Waals surface area (Å²) in [6.45, 7) is 15.8. The van der Waals surface area contributed by atoms with Crippen LogP contribution in [0.1, 0.15) is 58.6 Å². The lowest BCUT2D eigenvalue weighted by atomic mass is 9.91. The molecular formula is C22H31ClN4OSi. The average Bonchev–Trinajstić information content (AvgIpc) is 3.07. The summed E-state index contributed by atoms with van der Waals surface area (Å²) in [7, 11) is -1.94. The van der Waals surface area contributed by atoms with Crippen molar-refractivity contribution in [1.29, 1.82) is 0 Å². The number of para-hydroxylation sites is 1. The van der Waals surface area contributed by atoms with Gasteiger partial charge in [-0.25, -0.2) is 15.0 Å². The number of aromatic nitrogens is 4. The second-order valence-corrected chi connectivity index (χ2v) is 14.2. The van der Waals surface area contributed by atoms with Gasteiger partial charge in [0.2, 0.25) is 8.32 Å². The maximum Gasteiger partial charge on any atom is 0.250 e. The van der Waals surface area contributed by atoms with Crippen molar-refractivity contribution in [1.82, 2.24) is 19.5 Å². The first-order valence-electron chi connectivity index (χ1n) is 10.2. The standard InChI is InChI=1S/C22H31ClN4OSi/c1-8-17(27-14-26-19-20(23)24-13-25-21(19)27)15(2)16-11-9-10-12-18(16)28-29(6,7)22(3,4)5/h9-15,17H,8H2,1-7H3/t15-,17+/m0/s1. The van der Waals surface area contributed by atoms with E-state index in [2.05, 4.69) is 91.5 Å². The molecule has 0 aliphatic rings. The van der Waals surface area contributed by atoms with Gasteiger partial charge in [0, 0.05) is 12.0 Å². The summed E-state index contributed by atoms with van der Waals surface area (Å²) in [4.78, 5) is 12.9. The highest BCUT2D eigenvalue weighted by Crippen LogP contribution is 2.42. The molecule has 0 aliphatic carbocycles. The fourth-order valence-corrected chi connectivity index (χ4v) is 4.66. The largest absolute Gasteiger partial charge is 0.543 e. The molecule has 0 radical (unpaired) electrons. The molecule has 2 atom stereocenters. The third-order valence-corrected chi connectivity index (χ3v) is 10.9. The minimum atomic E-state index is -1.94. The molecule has 1 aromatic carbocycles. The summed E-state index contributed by atoms with van der Waals surface area (Å²) < 4.78 is 8.83. The van der Waals surface area contributed by atoms with E-state index in [0.717, 1.165) is 17.8 Å². The molecule has 0 aliphatic heterocycles. The molecule has 0 saturated heterocycles. The van der Waals surface area contributed by atoms with Crippen molar-refractivity contribution in [2.75, 3.05) is 0 Å². The van der Waals surface area contributed by atoms with E-state index >= 15 is 0 Å². The van der Waals surface area contributed by atoms with Gasteiger partial charge in [0.05, 0.1) is 6.33 Å². The fraction of sp³-hybridized carbons (Fsp3) is 0.500. The second-order valence-electron chi connectivity index (χ2n) is 9.15.